The van der Waals surface area contributed by atoms with Crippen LogP contribution in [-0.4, -0.2) is 33.0 Å². The van der Waals surface area contributed by atoms with Crippen LogP contribution in [0, 0.1) is 11.6 Å². The molecule has 0 bridgehead atoms. The molecule has 0 saturated heterocycles. The second-order valence-electron chi connectivity index (χ2n) is 8.48. The highest BCUT2D eigenvalue weighted by Crippen LogP contribution is 2.34. The van der Waals surface area contributed by atoms with Gasteiger partial charge in [0.2, 0.25) is 10.0 Å². The van der Waals surface area contributed by atoms with E-state index in [4.69, 9.17) is 0 Å². The molecule has 35 heavy (non-hydrogen) atoms. The lowest BCUT2D eigenvalue weighted by Gasteiger charge is -2.14. The highest BCUT2D eigenvalue weighted by Gasteiger charge is 2.35. The summed E-state index contributed by atoms with van der Waals surface area (Å²) in [6.07, 6.45) is 6.36. The van der Waals surface area contributed by atoms with E-state index >= 15 is 0 Å². The molecule has 2 heterocycles. The Balaban J connectivity index is 1.49. The molecule has 176 valence electrons. The maximum absolute atomic E-state index is 14.6. The van der Waals surface area contributed by atoms with Crippen molar-refractivity contribution in [2.24, 2.45) is 0 Å². The van der Waals surface area contributed by atoms with Crippen molar-refractivity contribution in [3.63, 3.8) is 0 Å². The largest absolute Gasteiger partial charge is 0.299 e. The Bertz CT molecular complexity index is 1680. The summed E-state index contributed by atoms with van der Waals surface area (Å²) in [4.78, 5) is 4.50. The average Bonchev–Trinajstić information content (AvgIpc) is 3.39. The predicted molar refractivity (Wildman–Crippen MR) is 129 cm³/mol. The summed E-state index contributed by atoms with van der Waals surface area (Å²) in [5.74, 6) is -1.43. The second-order valence-corrected chi connectivity index (χ2v) is 10.4. The standard InChI is InChI=1S/C25H19F2N5O2S/c26-17-2-6-22(23(27)12-17)16-10-18(30-35(33,34)21-4-5-21)13-20(11-16)31-15-28-24-14-19(3-7-25(24)31)32-9-1-8-29-32/h1-3,6-15,21,30H,4-5H2. The quantitative estimate of drug-likeness (QED) is 0.360. The second kappa shape index (κ2) is 8.02. The van der Waals surface area contributed by atoms with Gasteiger partial charge in [-0.15, -0.1) is 0 Å². The fourth-order valence-electron chi connectivity index (χ4n) is 4.09. The van der Waals surface area contributed by atoms with Gasteiger partial charge in [-0.05, 0) is 73.0 Å². The number of rotatable bonds is 6. The van der Waals surface area contributed by atoms with Crippen LogP contribution in [0.5, 0.6) is 0 Å². The van der Waals surface area contributed by atoms with E-state index in [0.717, 1.165) is 17.3 Å². The van der Waals surface area contributed by atoms with Crippen LogP contribution >= 0.6 is 0 Å². The van der Waals surface area contributed by atoms with E-state index in [1.54, 1.807) is 40.0 Å². The summed E-state index contributed by atoms with van der Waals surface area (Å²) < 4.78 is 59.6. The van der Waals surface area contributed by atoms with Crippen LogP contribution < -0.4 is 4.72 Å². The first-order valence-corrected chi connectivity index (χ1v) is 12.5. The molecule has 1 fully saturated rings. The third kappa shape index (κ3) is 4.06. The first kappa shape index (κ1) is 21.5. The fourth-order valence-corrected chi connectivity index (χ4v) is 5.45. The molecule has 7 nitrogen and oxygen atoms in total. The lowest BCUT2D eigenvalue weighted by atomic mass is 10.0. The van der Waals surface area contributed by atoms with Gasteiger partial charge in [-0.25, -0.2) is 26.9 Å². The van der Waals surface area contributed by atoms with Crippen molar-refractivity contribution < 1.29 is 17.2 Å². The van der Waals surface area contributed by atoms with Gasteiger partial charge in [0.05, 0.1) is 27.7 Å². The molecule has 5 aromatic rings. The monoisotopic (exact) mass is 491 g/mol. The smallest absolute Gasteiger partial charge is 0.235 e. The summed E-state index contributed by atoms with van der Waals surface area (Å²) in [7, 11) is -3.55. The van der Waals surface area contributed by atoms with Crippen molar-refractivity contribution in [1.82, 2.24) is 19.3 Å². The molecule has 0 atom stereocenters. The van der Waals surface area contributed by atoms with E-state index in [1.165, 1.54) is 12.1 Å². The molecule has 1 aliphatic carbocycles. The third-order valence-corrected chi connectivity index (χ3v) is 7.83. The van der Waals surface area contributed by atoms with E-state index in [2.05, 4.69) is 14.8 Å². The molecule has 1 saturated carbocycles. The number of nitrogens with zero attached hydrogens (tertiary/aromatic N) is 4. The number of benzene rings is 3. The van der Waals surface area contributed by atoms with Gasteiger partial charge in [-0.2, -0.15) is 5.10 Å². The van der Waals surface area contributed by atoms with E-state index in [0.29, 0.717) is 35.3 Å². The Morgan fingerprint density at radius 2 is 1.83 bits per heavy atom. The molecule has 2 aromatic heterocycles. The first-order valence-electron chi connectivity index (χ1n) is 11.0. The predicted octanol–water partition coefficient (Wildman–Crippen LogP) is 5.06. The number of nitrogens with one attached hydrogen (secondary N) is 1. The van der Waals surface area contributed by atoms with Crippen molar-refractivity contribution in [2.45, 2.75) is 18.1 Å². The Labute approximate surface area is 199 Å². The van der Waals surface area contributed by atoms with Gasteiger partial charge < -0.3 is 0 Å². The van der Waals surface area contributed by atoms with Gasteiger partial charge in [0.1, 0.15) is 18.0 Å². The van der Waals surface area contributed by atoms with Crippen LogP contribution in [0.3, 0.4) is 0 Å². The summed E-state index contributed by atoms with van der Waals surface area (Å²) in [5.41, 5.74) is 3.75. The molecule has 3 aromatic carbocycles. The van der Waals surface area contributed by atoms with Gasteiger partial charge in [0, 0.05) is 29.7 Å². The highest BCUT2D eigenvalue weighted by atomic mass is 32.2. The molecule has 6 rings (SSSR count). The summed E-state index contributed by atoms with van der Waals surface area (Å²) in [5, 5.41) is 3.81. The Hall–Kier alpha value is -4.05. The van der Waals surface area contributed by atoms with E-state index in [1.807, 2.05) is 30.5 Å². The maximum atomic E-state index is 14.6. The summed E-state index contributed by atoms with van der Waals surface area (Å²) in [6.45, 7) is 0. The van der Waals surface area contributed by atoms with Gasteiger partial charge >= 0.3 is 0 Å². The van der Waals surface area contributed by atoms with Crippen LogP contribution in [0.2, 0.25) is 0 Å². The molecular formula is C25H19F2N5O2S. The molecule has 10 heteroatoms. The molecular weight excluding hydrogens is 472 g/mol. The van der Waals surface area contributed by atoms with Crippen molar-refractivity contribution in [1.29, 1.82) is 0 Å². The van der Waals surface area contributed by atoms with Crippen LogP contribution in [0.25, 0.3) is 33.5 Å². The lowest BCUT2D eigenvalue weighted by molar-refractivity contribution is 0.585. The zero-order chi connectivity index (χ0) is 24.2. The van der Waals surface area contributed by atoms with E-state index < -0.39 is 26.9 Å². The molecule has 1 N–H and O–H groups in total. The minimum absolute atomic E-state index is 0.158. The number of sulfonamides is 1. The van der Waals surface area contributed by atoms with Gasteiger partial charge in [0.25, 0.3) is 0 Å². The fraction of sp³-hybridized carbons (Fsp3) is 0.120. The van der Waals surface area contributed by atoms with Gasteiger partial charge in [-0.1, -0.05) is 0 Å². The molecule has 0 unspecified atom stereocenters. The SMILES string of the molecule is O=S(=O)(Nc1cc(-c2ccc(F)cc2F)cc(-n2cnc3cc(-n4cccn4)ccc32)c1)C1CC1. The van der Waals surface area contributed by atoms with E-state index in [9.17, 15) is 17.2 Å². The van der Waals surface area contributed by atoms with Crippen LogP contribution in [0.1, 0.15) is 12.8 Å². The normalized spacial score (nSPS) is 13.9. The number of aromatic nitrogens is 4. The van der Waals surface area contributed by atoms with E-state index in [-0.39, 0.29) is 5.56 Å². The molecule has 0 spiro atoms. The highest BCUT2D eigenvalue weighted by molar-refractivity contribution is 7.93. The minimum Gasteiger partial charge on any atom is -0.299 e. The summed E-state index contributed by atoms with van der Waals surface area (Å²) in [6, 6.07) is 15.8. The lowest BCUT2D eigenvalue weighted by Crippen LogP contribution is -2.17. The molecule has 1 aliphatic rings. The number of fused-ring (bicyclic) bond motifs is 1. The summed E-state index contributed by atoms with van der Waals surface area (Å²) >= 11 is 0. The minimum atomic E-state index is -3.55. The molecule has 0 radical (unpaired) electrons. The number of halogens is 2. The Morgan fingerprint density at radius 1 is 0.971 bits per heavy atom. The zero-order valence-corrected chi connectivity index (χ0v) is 19.1. The molecule has 0 aliphatic heterocycles. The number of hydrogen-bond acceptors (Lipinski definition) is 4. The number of hydrogen-bond donors (Lipinski definition) is 1. The van der Waals surface area contributed by atoms with Crippen LogP contribution in [0.4, 0.5) is 14.5 Å². The van der Waals surface area contributed by atoms with Crippen molar-refractivity contribution in [2.75, 3.05) is 4.72 Å². The zero-order valence-electron chi connectivity index (χ0n) is 18.3. The van der Waals surface area contributed by atoms with Crippen molar-refractivity contribution >= 4 is 26.7 Å². The van der Waals surface area contributed by atoms with Crippen molar-refractivity contribution in [3.8, 4) is 22.5 Å². The number of imidazole rings is 1. The maximum Gasteiger partial charge on any atom is 0.235 e. The Morgan fingerprint density at radius 3 is 2.57 bits per heavy atom. The Kier molecular flexibility index (Phi) is 4.92. The van der Waals surface area contributed by atoms with Gasteiger partial charge in [-0.3, -0.25) is 9.29 Å². The topological polar surface area (TPSA) is 81.8 Å². The van der Waals surface area contributed by atoms with Crippen LogP contribution in [-0.2, 0) is 10.0 Å². The molecule has 0 amide bonds. The average molecular weight is 492 g/mol. The number of anilines is 1. The first-order chi connectivity index (χ1) is 16.9. The third-order valence-electron chi connectivity index (χ3n) is 5.96. The van der Waals surface area contributed by atoms with Gasteiger partial charge in [0.15, 0.2) is 0 Å². The van der Waals surface area contributed by atoms with Crippen LogP contribution in [0.15, 0.2) is 79.4 Å². The van der Waals surface area contributed by atoms with Crippen molar-refractivity contribution in [3.05, 3.63) is 91.0 Å².